The fourth-order valence-corrected chi connectivity index (χ4v) is 3.50. The lowest BCUT2D eigenvalue weighted by molar-refractivity contribution is -0.0120. The van der Waals surface area contributed by atoms with Crippen LogP contribution in [0, 0.1) is 0 Å². The third-order valence-corrected chi connectivity index (χ3v) is 5.12. The van der Waals surface area contributed by atoms with Gasteiger partial charge in [-0.25, -0.2) is 9.97 Å². The zero-order valence-electron chi connectivity index (χ0n) is 12.8. The molecule has 1 aromatic rings. The molecule has 1 fully saturated rings. The normalized spacial score (nSPS) is 26.1. The lowest BCUT2D eigenvalue weighted by atomic mass is 9.79. The molecule has 1 aromatic heterocycles. The number of hydrogen-bond donors (Lipinski definition) is 2. The second-order valence-electron chi connectivity index (χ2n) is 6.46. The molecule has 1 heterocycles. The van der Waals surface area contributed by atoms with Crippen molar-refractivity contribution in [3.63, 3.8) is 0 Å². The molecular formula is C15H25N3OS. The summed E-state index contributed by atoms with van der Waals surface area (Å²) in [5, 5.41) is 14.2. The molecule has 20 heavy (non-hydrogen) atoms. The Hall–Kier alpha value is -0.810. The molecule has 1 saturated carbocycles. The molecule has 5 heteroatoms. The maximum absolute atomic E-state index is 10.6. The quantitative estimate of drug-likeness (QED) is 0.875. The maximum atomic E-state index is 10.6. The first-order valence-electron chi connectivity index (χ1n) is 7.26. The van der Waals surface area contributed by atoms with Gasteiger partial charge >= 0.3 is 0 Å². The largest absolute Gasteiger partial charge is 0.387 e. The number of anilines is 1. The van der Waals surface area contributed by atoms with Crippen LogP contribution >= 0.6 is 11.8 Å². The van der Waals surface area contributed by atoms with Gasteiger partial charge in [-0.3, -0.25) is 0 Å². The van der Waals surface area contributed by atoms with Crippen molar-refractivity contribution in [2.24, 2.45) is 0 Å². The van der Waals surface area contributed by atoms with Crippen LogP contribution in [-0.2, 0) is 5.41 Å². The molecule has 2 N–H and O–H groups in total. The van der Waals surface area contributed by atoms with Crippen molar-refractivity contribution in [3.05, 3.63) is 18.1 Å². The summed E-state index contributed by atoms with van der Waals surface area (Å²) in [5.41, 5.74) is -0.654. The van der Waals surface area contributed by atoms with Gasteiger partial charge in [-0.05, 0) is 24.7 Å². The summed E-state index contributed by atoms with van der Waals surface area (Å²) in [5.74, 6) is 2.67. The summed E-state index contributed by atoms with van der Waals surface area (Å²) in [4.78, 5) is 8.85. The van der Waals surface area contributed by atoms with E-state index in [2.05, 4.69) is 43.0 Å². The van der Waals surface area contributed by atoms with Crippen LogP contribution in [0.2, 0.25) is 0 Å². The molecule has 2 atom stereocenters. The molecule has 4 nitrogen and oxygen atoms in total. The molecule has 0 radical (unpaired) electrons. The van der Waals surface area contributed by atoms with Crippen molar-refractivity contribution in [2.75, 3.05) is 17.6 Å². The lowest BCUT2D eigenvalue weighted by Crippen LogP contribution is -2.54. The summed E-state index contributed by atoms with van der Waals surface area (Å²) < 4.78 is 0. The molecule has 0 aliphatic heterocycles. The molecule has 0 spiro atoms. The smallest absolute Gasteiger partial charge is 0.135 e. The van der Waals surface area contributed by atoms with Crippen molar-refractivity contribution in [1.82, 2.24) is 9.97 Å². The number of thioether (sulfide) groups is 1. The predicted octanol–water partition coefficient (Wildman–Crippen LogP) is 2.83. The Balaban J connectivity index is 1.98. The van der Waals surface area contributed by atoms with Gasteiger partial charge in [-0.2, -0.15) is 11.8 Å². The molecule has 0 bridgehead atoms. The van der Waals surface area contributed by atoms with Gasteiger partial charge in [0.15, 0.2) is 0 Å². The number of hydrogen-bond acceptors (Lipinski definition) is 5. The Morgan fingerprint density at radius 2 is 2.25 bits per heavy atom. The van der Waals surface area contributed by atoms with Gasteiger partial charge in [0.25, 0.3) is 0 Å². The molecule has 0 amide bonds. The van der Waals surface area contributed by atoms with Gasteiger partial charge in [0.2, 0.25) is 0 Å². The Morgan fingerprint density at radius 1 is 1.50 bits per heavy atom. The maximum Gasteiger partial charge on any atom is 0.135 e. The molecule has 0 unspecified atom stereocenters. The minimum atomic E-state index is -0.590. The van der Waals surface area contributed by atoms with E-state index in [0.717, 1.165) is 30.2 Å². The van der Waals surface area contributed by atoms with Crippen molar-refractivity contribution in [1.29, 1.82) is 0 Å². The number of aliphatic hydroxyl groups is 1. The van der Waals surface area contributed by atoms with Crippen molar-refractivity contribution in [2.45, 2.75) is 56.8 Å². The van der Waals surface area contributed by atoms with Crippen LogP contribution in [-0.4, -0.2) is 38.2 Å². The van der Waals surface area contributed by atoms with Gasteiger partial charge in [-0.15, -0.1) is 0 Å². The zero-order valence-corrected chi connectivity index (χ0v) is 13.6. The van der Waals surface area contributed by atoms with E-state index in [4.69, 9.17) is 0 Å². The topological polar surface area (TPSA) is 58.0 Å². The number of rotatable bonds is 5. The average Bonchev–Trinajstić information content (AvgIpc) is 2.40. The van der Waals surface area contributed by atoms with Gasteiger partial charge in [0.05, 0.1) is 5.60 Å². The number of aromatic nitrogens is 2. The van der Waals surface area contributed by atoms with Crippen LogP contribution in [0.15, 0.2) is 12.3 Å². The van der Waals surface area contributed by atoms with Gasteiger partial charge in [0.1, 0.15) is 11.6 Å². The molecular weight excluding hydrogens is 270 g/mol. The Morgan fingerprint density at radius 3 is 2.80 bits per heavy atom. The van der Waals surface area contributed by atoms with E-state index in [1.165, 1.54) is 0 Å². The van der Waals surface area contributed by atoms with E-state index in [0.29, 0.717) is 11.8 Å². The SMILES string of the molecule is CCS[C@@H]1CC[C@@]1(O)CNc1ccnc(C(C)(C)C)n1. The first-order chi connectivity index (χ1) is 9.35. The number of nitrogens with zero attached hydrogens (tertiary/aromatic N) is 2. The van der Waals surface area contributed by atoms with E-state index >= 15 is 0 Å². The molecule has 1 aliphatic rings. The van der Waals surface area contributed by atoms with Gasteiger partial charge < -0.3 is 10.4 Å². The molecule has 2 rings (SSSR count). The predicted molar refractivity (Wildman–Crippen MR) is 85.3 cm³/mol. The minimum absolute atomic E-state index is 0.0638. The van der Waals surface area contributed by atoms with Crippen molar-refractivity contribution < 1.29 is 5.11 Å². The average molecular weight is 295 g/mol. The van der Waals surface area contributed by atoms with Crippen LogP contribution in [0.5, 0.6) is 0 Å². The lowest BCUT2D eigenvalue weighted by Gasteiger charge is -2.45. The standard InChI is InChI=1S/C15H25N3OS/c1-5-20-11-6-8-15(11,19)10-17-12-7-9-16-13(18-12)14(2,3)4/h7,9,11,19H,5-6,8,10H2,1-4H3,(H,16,17,18)/t11-,15-/m1/s1. The summed E-state index contributed by atoms with van der Waals surface area (Å²) in [6.07, 6.45) is 3.75. The Kier molecular flexibility index (Phi) is 4.59. The molecule has 112 valence electrons. The number of nitrogens with one attached hydrogen (secondary N) is 1. The second-order valence-corrected chi connectivity index (χ2v) is 7.93. The molecule has 0 aromatic carbocycles. The fraction of sp³-hybridized carbons (Fsp3) is 0.733. The van der Waals surface area contributed by atoms with Crippen LogP contribution in [0.25, 0.3) is 0 Å². The Bertz CT molecular complexity index is 461. The second kappa shape index (κ2) is 5.90. The molecule has 0 saturated heterocycles. The summed E-state index contributed by atoms with van der Waals surface area (Å²) >= 11 is 1.84. The van der Waals surface area contributed by atoms with Crippen LogP contribution in [0.3, 0.4) is 0 Å². The van der Waals surface area contributed by atoms with E-state index in [-0.39, 0.29) is 5.41 Å². The van der Waals surface area contributed by atoms with Crippen molar-refractivity contribution >= 4 is 17.6 Å². The van der Waals surface area contributed by atoms with Gasteiger partial charge in [-0.1, -0.05) is 27.7 Å². The van der Waals surface area contributed by atoms with Crippen LogP contribution < -0.4 is 5.32 Å². The summed E-state index contributed by atoms with van der Waals surface area (Å²) in [7, 11) is 0. The highest BCUT2D eigenvalue weighted by atomic mass is 32.2. The first-order valence-corrected chi connectivity index (χ1v) is 8.31. The van der Waals surface area contributed by atoms with Crippen LogP contribution in [0.4, 0.5) is 5.82 Å². The van der Waals surface area contributed by atoms with E-state index in [1.807, 2.05) is 17.8 Å². The molecule has 1 aliphatic carbocycles. The third-order valence-electron chi connectivity index (χ3n) is 3.71. The minimum Gasteiger partial charge on any atom is -0.387 e. The van der Waals surface area contributed by atoms with E-state index in [1.54, 1.807) is 6.20 Å². The summed E-state index contributed by atoms with van der Waals surface area (Å²) in [6, 6.07) is 1.86. The monoisotopic (exact) mass is 295 g/mol. The summed E-state index contributed by atoms with van der Waals surface area (Å²) in [6.45, 7) is 8.99. The highest BCUT2D eigenvalue weighted by Crippen LogP contribution is 2.41. The van der Waals surface area contributed by atoms with Crippen molar-refractivity contribution in [3.8, 4) is 0 Å². The Labute approximate surface area is 125 Å². The first kappa shape index (κ1) is 15.6. The van der Waals surface area contributed by atoms with E-state index < -0.39 is 5.60 Å². The van der Waals surface area contributed by atoms with E-state index in [9.17, 15) is 5.11 Å². The highest BCUT2D eigenvalue weighted by Gasteiger charge is 2.45. The highest BCUT2D eigenvalue weighted by molar-refractivity contribution is 8.00. The zero-order chi connectivity index (χ0) is 14.8. The third kappa shape index (κ3) is 3.44. The fourth-order valence-electron chi connectivity index (χ4n) is 2.30. The van der Waals surface area contributed by atoms with Gasteiger partial charge in [0, 0.05) is 23.4 Å². The van der Waals surface area contributed by atoms with Crippen LogP contribution in [0.1, 0.15) is 46.4 Å².